The van der Waals surface area contributed by atoms with Crippen LogP contribution in [0, 0.1) is 6.92 Å². The van der Waals surface area contributed by atoms with Crippen molar-refractivity contribution in [1.82, 2.24) is 10.3 Å². The molecule has 2 aromatic rings. The van der Waals surface area contributed by atoms with Gasteiger partial charge in [-0.1, -0.05) is 0 Å². The van der Waals surface area contributed by atoms with Gasteiger partial charge in [0.15, 0.2) is 0 Å². The molecule has 1 aliphatic carbocycles. The van der Waals surface area contributed by atoms with Crippen LogP contribution < -0.4 is 5.32 Å². The lowest BCUT2D eigenvalue weighted by atomic mass is 10.4. The zero-order valence-electron chi connectivity index (χ0n) is 9.19. The molecule has 1 N–H and O–H groups in total. The van der Waals surface area contributed by atoms with E-state index in [1.807, 2.05) is 17.5 Å². The van der Waals surface area contributed by atoms with Gasteiger partial charge in [-0.05, 0) is 31.9 Å². The van der Waals surface area contributed by atoms with E-state index < -0.39 is 0 Å². The van der Waals surface area contributed by atoms with E-state index in [4.69, 9.17) is 0 Å². The summed E-state index contributed by atoms with van der Waals surface area (Å²) in [4.78, 5) is 8.47. The lowest BCUT2D eigenvalue weighted by Gasteiger charge is -1.96. The first-order valence-corrected chi connectivity index (χ1v) is 7.19. The van der Waals surface area contributed by atoms with Gasteiger partial charge >= 0.3 is 0 Å². The Bertz CT molecular complexity index is 483. The quantitative estimate of drug-likeness (QED) is 0.899. The lowest BCUT2D eigenvalue weighted by molar-refractivity contribution is 0.694. The summed E-state index contributed by atoms with van der Waals surface area (Å²) in [5.41, 5.74) is 0. The van der Waals surface area contributed by atoms with E-state index in [0.717, 1.165) is 17.6 Å². The highest BCUT2D eigenvalue weighted by atomic mass is 32.1. The highest BCUT2D eigenvalue weighted by molar-refractivity contribution is 7.21. The average molecular weight is 250 g/mol. The van der Waals surface area contributed by atoms with Gasteiger partial charge in [-0.25, -0.2) is 4.98 Å². The Hall–Kier alpha value is -0.710. The predicted octanol–water partition coefficient (Wildman–Crippen LogP) is 3.43. The SMILES string of the molecule is Cc1ccc(-c2ncc(CNC3CC3)s2)s1. The molecule has 2 aromatic heterocycles. The summed E-state index contributed by atoms with van der Waals surface area (Å²) in [7, 11) is 0. The van der Waals surface area contributed by atoms with Crippen molar-refractivity contribution >= 4 is 22.7 Å². The Kier molecular flexibility index (Phi) is 2.79. The summed E-state index contributed by atoms with van der Waals surface area (Å²) in [6.45, 7) is 3.12. The molecule has 2 nitrogen and oxygen atoms in total. The van der Waals surface area contributed by atoms with Gasteiger partial charge in [0.25, 0.3) is 0 Å². The second-order valence-electron chi connectivity index (χ2n) is 4.20. The maximum atomic E-state index is 4.49. The van der Waals surface area contributed by atoms with E-state index >= 15 is 0 Å². The molecule has 1 aliphatic rings. The lowest BCUT2D eigenvalue weighted by Crippen LogP contribution is -2.14. The number of nitrogens with one attached hydrogen (secondary N) is 1. The third kappa shape index (κ3) is 2.34. The number of hydrogen-bond acceptors (Lipinski definition) is 4. The summed E-state index contributed by atoms with van der Waals surface area (Å²) in [6, 6.07) is 5.09. The first-order chi connectivity index (χ1) is 7.81. The Morgan fingerprint density at radius 1 is 1.38 bits per heavy atom. The van der Waals surface area contributed by atoms with Crippen molar-refractivity contribution in [2.24, 2.45) is 0 Å². The Morgan fingerprint density at radius 2 is 2.25 bits per heavy atom. The number of aryl methyl sites for hydroxylation is 1. The average Bonchev–Trinajstić information content (AvgIpc) is 2.81. The monoisotopic (exact) mass is 250 g/mol. The molecular weight excluding hydrogens is 236 g/mol. The van der Waals surface area contributed by atoms with Crippen molar-refractivity contribution in [2.75, 3.05) is 0 Å². The highest BCUT2D eigenvalue weighted by Gasteiger charge is 2.20. The van der Waals surface area contributed by atoms with Gasteiger partial charge in [-0.3, -0.25) is 0 Å². The summed E-state index contributed by atoms with van der Waals surface area (Å²) in [5.74, 6) is 0. The van der Waals surface area contributed by atoms with Crippen LogP contribution in [0.5, 0.6) is 0 Å². The fourth-order valence-electron chi connectivity index (χ4n) is 1.58. The molecule has 0 aliphatic heterocycles. The van der Waals surface area contributed by atoms with E-state index in [1.165, 1.54) is 27.5 Å². The molecule has 3 rings (SSSR count). The Morgan fingerprint density at radius 3 is 2.94 bits per heavy atom. The van der Waals surface area contributed by atoms with E-state index in [9.17, 15) is 0 Å². The van der Waals surface area contributed by atoms with Crippen molar-refractivity contribution in [3.8, 4) is 9.88 Å². The van der Waals surface area contributed by atoms with Gasteiger partial charge in [0, 0.05) is 28.5 Å². The first kappa shape index (κ1) is 10.4. The van der Waals surface area contributed by atoms with Crippen molar-refractivity contribution < 1.29 is 0 Å². The second kappa shape index (κ2) is 4.28. The standard InChI is InChI=1S/C12H14N2S2/c1-8-2-5-11(15-8)12-14-7-10(16-12)6-13-9-3-4-9/h2,5,7,9,13H,3-4,6H2,1H3. The minimum Gasteiger partial charge on any atom is -0.309 e. The molecule has 0 amide bonds. The van der Waals surface area contributed by atoms with Gasteiger partial charge in [0.2, 0.25) is 0 Å². The molecule has 4 heteroatoms. The smallest absolute Gasteiger partial charge is 0.133 e. The minimum atomic E-state index is 0.773. The molecular formula is C12H14N2S2. The van der Waals surface area contributed by atoms with Crippen molar-refractivity contribution in [2.45, 2.75) is 32.4 Å². The summed E-state index contributed by atoms with van der Waals surface area (Å²) in [6.07, 6.45) is 4.69. The number of nitrogens with zero attached hydrogens (tertiary/aromatic N) is 1. The van der Waals surface area contributed by atoms with E-state index in [2.05, 4.69) is 29.4 Å². The first-order valence-electron chi connectivity index (χ1n) is 5.56. The number of thiazole rings is 1. The second-order valence-corrected chi connectivity index (χ2v) is 6.60. The molecule has 2 heterocycles. The van der Waals surface area contributed by atoms with Gasteiger partial charge in [-0.2, -0.15) is 0 Å². The van der Waals surface area contributed by atoms with Crippen LogP contribution in [-0.2, 0) is 6.54 Å². The van der Waals surface area contributed by atoms with E-state index in [1.54, 1.807) is 11.3 Å². The number of aromatic nitrogens is 1. The van der Waals surface area contributed by atoms with Crippen LogP contribution in [-0.4, -0.2) is 11.0 Å². The molecule has 0 spiro atoms. The van der Waals surface area contributed by atoms with Crippen molar-refractivity contribution in [3.63, 3.8) is 0 Å². The van der Waals surface area contributed by atoms with Crippen molar-refractivity contribution in [3.05, 3.63) is 28.1 Å². The molecule has 1 fully saturated rings. The predicted molar refractivity (Wildman–Crippen MR) is 70.0 cm³/mol. The Labute approximate surface area is 103 Å². The highest BCUT2D eigenvalue weighted by Crippen LogP contribution is 2.31. The van der Waals surface area contributed by atoms with Crippen molar-refractivity contribution in [1.29, 1.82) is 0 Å². The maximum absolute atomic E-state index is 4.49. The maximum Gasteiger partial charge on any atom is 0.133 e. The van der Waals surface area contributed by atoms with Crippen LogP contribution in [0.15, 0.2) is 18.3 Å². The fourth-order valence-corrected chi connectivity index (χ4v) is 3.38. The number of thiophene rings is 1. The Balaban J connectivity index is 1.71. The topological polar surface area (TPSA) is 24.9 Å². The molecule has 0 unspecified atom stereocenters. The normalized spacial score (nSPS) is 15.6. The molecule has 0 saturated heterocycles. The number of hydrogen-bond donors (Lipinski definition) is 1. The van der Waals surface area contributed by atoms with Crippen LogP contribution in [0.25, 0.3) is 9.88 Å². The van der Waals surface area contributed by atoms with E-state index in [0.29, 0.717) is 0 Å². The van der Waals surface area contributed by atoms with E-state index in [-0.39, 0.29) is 0 Å². The molecule has 1 saturated carbocycles. The van der Waals surface area contributed by atoms with Crippen LogP contribution in [0.1, 0.15) is 22.6 Å². The third-order valence-electron chi connectivity index (χ3n) is 2.65. The van der Waals surface area contributed by atoms with Crippen LogP contribution in [0.3, 0.4) is 0 Å². The van der Waals surface area contributed by atoms with Gasteiger partial charge in [0.05, 0.1) is 4.88 Å². The van der Waals surface area contributed by atoms with Crippen LogP contribution in [0.2, 0.25) is 0 Å². The zero-order valence-corrected chi connectivity index (χ0v) is 10.8. The molecule has 0 atom stereocenters. The minimum absolute atomic E-state index is 0.773. The summed E-state index contributed by atoms with van der Waals surface area (Å²) >= 11 is 3.62. The zero-order chi connectivity index (χ0) is 11.0. The van der Waals surface area contributed by atoms with Crippen LogP contribution >= 0.6 is 22.7 Å². The molecule has 0 aromatic carbocycles. The van der Waals surface area contributed by atoms with Crippen LogP contribution in [0.4, 0.5) is 0 Å². The third-order valence-corrected chi connectivity index (χ3v) is 4.81. The summed E-state index contributed by atoms with van der Waals surface area (Å²) in [5, 5.41) is 4.67. The molecule has 84 valence electrons. The fraction of sp³-hybridized carbons (Fsp3) is 0.417. The van der Waals surface area contributed by atoms with Gasteiger partial charge in [-0.15, -0.1) is 22.7 Å². The van der Waals surface area contributed by atoms with Gasteiger partial charge < -0.3 is 5.32 Å². The molecule has 0 bridgehead atoms. The molecule has 16 heavy (non-hydrogen) atoms. The summed E-state index contributed by atoms with van der Waals surface area (Å²) < 4.78 is 0. The molecule has 0 radical (unpaired) electrons. The number of rotatable bonds is 4. The van der Waals surface area contributed by atoms with Gasteiger partial charge in [0.1, 0.15) is 5.01 Å². The largest absolute Gasteiger partial charge is 0.309 e.